The number of methoxy groups -OCH3 is 1. The Kier molecular flexibility index (Phi) is 8.39. The van der Waals surface area contributed by atoms with Crippen molar-refractivity contribution in [2.45, 2.75) is 27.3 Å². The third-order valence-corrected chi connectivity index (χ3v) is 4.59. The Balaban J connectivity index is 2.06. The number of nitrogens with zero attached hydrogens (tertiary/aromatic N) is 2. The van der Waals surface area contributed by atoms with E-state index in [1.165, 1.54) is 6.08 Å². The molecule has 0 unspecified atom stereocenters. The van der Waals surface area contributed by atoms with Crippen LogP contribution in [0.15, 0.2) is 35.9 Å². The molecule has 0 N–H and O–H groups in total. The highest BCUT2D eigenvalue weighted by Crippen LogP contribution is 2.19. The summed E-state index contributed by atoms with van der Waals surface area (Å²) in [6, 6.07) is 10.3. The molecule has 0 saturated carbocycles. The van der Waals surface area contributed by atoms with Crippen molar-refractivity contribution < 1.29 is 23.8 Å². The molecular weight excluding hydrogens is 384 g/mol. The minimum absolute atomic E-state index is 0.165. The molecule has 0 aliphatic heterocycles. The first kappa shape index (κ1) is 22.9. The molecule has 0 aliphatic carbocycles. The van der Waals surface area contributed by atoms with E-state index >= 15 is 0 Å². The Bertz CT molecular complexity index is 965. The number of ketones is 1. The monoisotopic (exact) mass is 410 g/mol. The summed E-state index contributed by atoms with van der Waals surface area (Å²) in [6.07, 6.45) is 1.48. The van der Waals surface area contributed by atoms with Gasteiger partial charge in [-0.15, -0.1) is 0 Å². The number of hydrogen-bond donors (Lipinski definition) is 0. The molecule has 0 bridgehead atoms. The maximum atomic E-state index is 12.3. The number of carbonyl (C=O) groups excluding carboxylic acids is 2. The van der Waals surface area contributed by atoms with Crippen molar-refractivity contribution in [3.63, 3.8) is 0 Å². The molecule has 0 fully saturated rings. The van der Waals surface area contributed by atoms with Crippen LogP contribution in [0, 0.1) is 25.2 Å². The molecule has 1 heterocycles. The summed E-state index contributed by atoms with van der Waals surface area (Å²) in [5, 5.41) is 9.38. The van der Waals surface area contributed by atoms with Crippen LogP contribution in [0.4, 0.5) is 0 Å². The van der Waals surface area contributed by atoms with E-state index < -0.39 is 12.6 Å². The van der Waals surface area contributed by atoms with Gasteiger partial charge in [-0.05, 0) is 62.7 Å². The molecule has 30 heavy (non-hydrogen) atoms. The minimum Gasteiger partial charge on any atom is -0.494 e. The number of rotatable bonds is 10. The van der Waals surface area contributed by atoms with Gasteiger partial charge in [0.25, 0.3) is 0 Å². The molecule has 0 amide bonds. The van der Waals surface area contributed by atoms with E-state index in [4.69, 9.17) is 14.2 Å². The Morgan fingerprint density at radius 3 is 2.50 bits per heavy atom. The lowest BCUT2D eigenvalue weighted by atomic mass is 10.1. The quantitative estimate of drug-likeness (QED) is 0.258. The Morgan fingerprint density at radius 1 is 1.20 bits per heavy atom. The summed E-state index contributed by atoms with van der Waals surface area (Å²) in [6.45, 7) is 7.03. The van der Waals surface area contributed by atoms with Crippen molar-refractivity contribution in [3.05, 3.63) is 58.4 Å². The number of hydrogen-bond acceptors (Lipinski definition) is 6. The van der Waals surface area contributed by atoms with Crippen molar-refractivity contribution >= 4 is 17.8 Å². The summed E-state index contributed by atoms with van der Waals surface area (Å²) in [5.41, 5.74) is 2.88. The van der Waals surface area contributed by atoms with E-state index in [2.05, 4.69) is 0 Å². The van der Waals surface area contributed by atoms with Gasteiger partial charge in [-0.1, -0.05) is 0 Å². The van der Waals surface area contributed by atoms with Crippen LogP contribution in [0.3, 0.4) is 0 Å². The largest absolute Gasteiger partial charge is 0.494 e. The fourth-order valence-corrected chi connectivity index (χ4v) is 2.99. The van der Waals surface area contributed by atoms with E-state index in [0.717, 1.165) is 17.0 Å². The maximum absolute atomic E-state index is 12.3. The lowest BCUT2D eigenvalue weighted by molar-refractivity contribution is -0.137. The minimum atomic E-state index is -0.835. The highest BCUT2D eigenvalue weighted by atomic mass is 16.5. The first-order valence-electron chi connectivity index (χ1n) is 9.61. The predicted molar refractivity (Wildman–Crippen MR) is 112 cm³/mol. The number of nitriles is 1. The molecule has 2 aromatic rings. The van der Waals surface area contributed by atoms with Crippen molar-refractivity contribution in [2.24, 2.45) is 0 Å². The number of ether oxygens (including phenoxy) is 3. The fraction of sp³-hybridized carbons (Fsp3) is 0.348. The second-order valence-corrected chi connectivity index (χ2v) is 6.60. The van der Waals surface area contributed by atoms with Gasteiger partial charge in [0.2, 0.25) is 0 Å². The van der Waals surface area contributed by atoms with Crippen LogP contribution < -0.4 is 4.74 Å². The first-order valence-corrected chi connectivity index (χ1v) is 9.61. The van der Waals surface area contributed by atoms with Gasteiger partial charge in [0, 0.05) is 30.6 Å². The van der Waals surface area contributed by atoms with Crippen molar-refractivity contribution in [1.29, 1.82) is 5.26 Å². The molecule has 0 aliphatic rings. The van der Waals surface area contributed by atoms with Gasteiger partial charge in [0.15, 0.2) is 12.4 Å². The van der Waals surface area contributed by atoms with Crippen LogP contribution in [-0.2, 0) is 20.8 Å². The van der Waals surface area contributed by atoms with Crippen LogP contribution in [0.5, 0.6) is 5.75 Å². The van der Waals surface area contributed by atoms with E-state index in [-0.39, 0.29) is 11.4 Å². The Labute approximate surface area is 176 Å². The topological polar surface area (TPSA) is 90.5 Å². The molecule has 7 heteroatoms. The average molecular weight is 410 g/mol. The van der Waals surface area contributed by atoms with E-state index in [1.54, 1.807) is 31.4 Å². The molecule has 158 valence electrons. The van der Waals surface area contributed by atoms with Gasteiger partial charge in [0.05, 0.1) is 13.2 Å². The highest BCUT2D eigenvalue weighted by molar-refractivity contribution is 6.02. The molecule has 0 atom stereocenters. The summed E-state index contributed by atoms with van der Waals surface area (Å²) < 4.78 is 17.6. The highest BCUT2D eigenvalue weighted by Gasteiger charge is 2.16. The Morgan fingerprint density at radius 2 is 1.90 bits per heavy atom. The van der Waals surface area contributed by atoms with E-state index in [1.807, 2.05) is 37.5 Å². The van der Waals surface area contributed by atoms with Gasteiger partial charge < -0.3 is 18.8 Å². The standard InChI is InChI=1S/C23H26N2O5/c1-5-29-21-8-6-18(7-9-21)22(26)15-30-23(27)20(14-24)13-19-12-16(2)25(17(19)3)10-11-28-4/h6-9,12-13H,5,10-11,15H2,1-4H3/b20-13+. The van der Waals surface area contributed by atoms with Crippen LogP contribution >= 0.6 is 0 Å². The molecule has 0 spiro atoms. The third-order valence-electron chi connectivity index (χ3n) is 4.59. The van der Waals surface area contributed by atoms with Crippen molar-refractivity contribution in [3.8, 4) is 11.8 Å². The predicted octanol–water partition coefficient (Wildman–Crippen LogP) is 3.48. The van der Waals surface area contributed by atoms with Crippen LogP contribution in [0.2, 0.25) is 0 Å². The molecule has 0 saturated heterocycles. The molecular formula is C23H26N2O5. The summed E-state index contributed by atoms with van der Waals surface area (Å²) in [7, 11) is 1.63. The number of Topliss-reactive ketones (excluding diaryl/α,β-unsaturated/α-hetero) is 1. The number of aromatic nitrogens is 1. The third kappa shape index (κ3) is 5.82. The second kappa shape index (κ2) is 11.0. The Hall–Kier alpha value is -3.37. The van der Waals surface area contributed by atoms with E-state index in [9.17, 15) is 14.9 Å². The summed E-state index contributed by atoms with van der Waals surface area (Å²) >= 11 is 0. The second-order valence-electron chi connectivity index (χ2n) is 6.60. The van der Waals surface area contributed by atoms with Gasteiger partial charge >= 0.3 is 5.97 Å². The molecule has 2 rings (SSSR count). The smallest absolute Gasteiger partial charge is 0.349 e. The average Bonchev–Trinajstić information content (AvgIpc) is 3.01. The number of carbonyl (C=O) groups is 2. The van der Waals surface area contributed by atoms with Gasteiger partial charge in [-0.2, -0.15) is 5.26 Å². The van der Waals surface area contributed by atoms with Crippen molar-refractivity contribution in [2.75, 3.05) is 26.9 Å². The van der Waals surface area contributed by atoms with Crippen molar-refractivity contribution in [1.82, 2.24) is 4.57 Å². The first-order chi connectivity index (χ1) is 14.4. The SMILES string of the molecule is CCOc1ccc(C(=O)COC(=O)/C(C#N)=C/c2cc(C)n(CCOC)c2C)cc1. The lowest BCUT2D eigenvalue weighted by Crippen LogP contribution is -2.15. The molecule has 0 radical (unpaired) electrons. The summed E-state index contributed by atoms with van der Waals surface area (Å²) in [5.74, 6) is -0.538. The lowest BCUT2D eigenvalue weighted by Gasteiger charge is -2.08. The number of aryl methyl sites for hydroxylation is 1. The molecule has 1 aromatic heterocycles. The number of esters is 1. The van der Waals surface area contributed by atoms with Gasteiger partial charge in [0.1, 0.15) is 17.4 Å². The van der Waals surface area contributed by atoms with Gasteiger partial charge in [-0.3, -0.25) is 4.79 Å². The summed E-state index contributed by atoms with van der Waals surface area (Å²) in [4.78, 5) is 24.6. The van der Waals surface area contributed by atoms with Crippen LogP contribution in [-0.4, -0.2) is 43.3 Å². The van der Waals surface area contributed by atoms with Crippen LogP contribution in [0.1, 0.15) is 34.2 Å². The fourth-order valence-electron chi connectivity index (χ4n) is 2.99. The van der Waals surface area contributed by atoms with E-state index in [0.29, 0.717) is 31.1 Å². The zero-order valence-corrected chi connectivity index (χ0v) is 17.7. The van der Waals surface area contributed by atoms with Gasteiger partial charge in [-0.25, -0.2) is 4.79 Å². The molecule has 7 nitrogen and oxygen atoms in total. The maximum Gasteiger partial charge on any atom is 0.349 e. The van der Waals surface area contributed by atoms with Crippen LogP contribution in [0.25, 0.3) is 6.08 Å². The zero-order chi connectivity index (χ0) is 22.1. The molecule has 1 aromatic carbocycles. The number of benzene rings is 1. The zero-order valence-electron chi connectivity index (χ0n) is 17.7. The normalized spacial score (nSPS) is 11.1.